The maximum absolute atomic E-state index is 5.63. The van der Waals surface area contributed by atoms with Gasteiger partial charge in [0.05, 0.1) is 34.5 Å². The Kier molecular flexibility index (Phi) is 14.7. The normalized spacial score (nSPS) is 11.0. The van der Waals surface area contributed by atoms with E-state index < -0.39 is 0 Å². The largest absolute Gasteiger partial charge is 0.493 e. The summed E-state index contributed by atoms with van der Waals surface area (Å²) in [5.74, 6) is 3.24. The summed E-state index contributed by atoms with van der Waals surface area (Å²) in [6.07, 6.45) is 1.08. The number of rotatable bonds is 12. The third-order valence-corrected chi connectivity index (χ3v) is 3.87. The van der Waals surface area contributed by atoms with Crippen molar-refractivity contribution >= 4 is 29.9 Å². The summed E-state index contributed by atoms with van der Waals surface area (Å²) in [7, 11) is 4.80. The molecular weight excluding hydrogens is 473 g/mol. The summed E-state index contributed by atoms with van der Waals surface area (Å²) >= 11 is 0. The first-order valence-electron chi connectivity index (χ1n) is 9.44. The Balaban J connectivity index is 0.00000729. The molecule has 0 aliphatic heterocycles. The second-order valence-electron chi connectivity index (χ2n) is 6.45. The first kappa shape index (κ1) is 26.6. The zero-order valence-electron chi connectivity index (χ0n) is 18.0. The Morgan fingerprint density at radius 1 is 1.00 bits per heavy atom. The first-order valence-corrected chi connectivity index (χ1v) is 9.44. The molecule has 0 saturated carbocycles. The lowest BCUT2D eigenvalue weighted by molar-refractivity contribution is 0.128. The zero-order chi connectivity index (χ0) is 20.1. The number of halogens is 1. The fourth-order valence-electron chi connectivity index (χ4n) is 2.40. The Hall–Kier alpha value is -1.42. The molecule has 0 aliphatic carbocycles. The van der Waals surface area contributed by atoms with Gasteiger partial charge >= 0.3 is 0 Å². The average molecular weight is 509 g/mol. The van der Waals surface area contributed by atoms with E-state index in [1.54, 1.807) is 21.3 Å². The van der Waals surface area contributed by atoms with Gasteiger partial charge in [0.1, 0.15) is 0 Å². The fourth-order valence-corrected chi connectivity index (χ4v) is 2.40. The molecule has 0 fully saturated rings. The molecule has 1 aromatic rings. The van der Waals surface area contributed by atoms with Gasteiger partial charge in [-0.1, -0.05) is 13.8 Å². The zero-order valence-corrected chi connectivity index (χ0v) is 20.3. The molecule has 0 aliphatic rings. The van der Waals surface area contributed by atoms with Gasteiger partial charge in [0.2, 0.25) is 5.75 Å². The van der Waals surface area contributed by atoms with Gasteiger partial charge < -0.3 is 29.6 Å². The van der Waals surface area contributed by atoms with Gasteiger partial charge in [-0.3, -0.25) is 0 Å². The number of benzene rings is 1. The third kappa shape index (κ3) is 9.68. The van der Waals surface area contributed by atoms with Crippen LogP contribution in [-0.4, -0.2) is 53.6 Å². The van der Waals surface area contributed by atoms with Crippen molar-refractivity contribution in [1.82, 2.24) is 10.6 Å². The van der Waals surface area contributed by atoms with E-state index in [2.05, 4.69) is 29.5 Å². The smallest absolute Gasteiger partial charge is 0.203 e. The van der Waals surface area contributed by atoms with Crippen LogP contribution in [0.4, 0.5) is 0 Å². The Morgan fingerprint density at radius 3 is 2.14 bits per heavy atom. The molecule has 1 aromatic carbocycles. The number of aliphatic imine (C=N–C) groups is 1. The van der Waals surface area contributed by atoms with Crippen LogP contribution in [0.1, 0.15) is 32.8 Å². The van der Waals surface area contributed by atoms with Crippen LogP contribution in [-0.2, 0) is 11.3 Å². The fraction of sp³-hybridized carbons (Fsp3) is 0.650. The van der Waals surface area contributed by atoms with Crippen LogP contribution >= 0.6 is 24.0 Å². The summed E-state index contributed by atoms with van der Waals surface area (Å²) in [5, 5.41) is 6.52. The SMILES string of the molecule is CCNC(=NCc1cc(OC)c(OC)c(OC)c1)NCCOCCC(C)C.I. The van der Waals surface area contributed by atoms with Crippen molar-refractivity contribution < 1.29 is 18.9 Å². The van der Waals surface area contributed by atoms with Gasteiger partial charge in [-0.05, 0) is 37.0 Å². The van der Waals surface area contributed by atoms with Gasteiger partial charge in [0, 0.05) is 19.7 Å². The molecule has 162 valence electrons. The van der Waals surface area contributed by atoms with Crippen molar-refractivity contribution in [1.29, 1.82) is 0 Å². The lowest BCUT2D eigenvalue weighted by Gasteiger charge is -2.14. The molecule has 0 saturated heterocycles. The molecule has 28 heavy (non-hydrogen) atoms. The minimum atomic E-state index is 0. The molecule has 0 atom stereocenters. The number of nitrogens with zero attached hydrogens (tertiary/aromatic N) is 1. The second-order valence-corrected chi connectivity index (χ2v) is 6.45. The average Bonchev–Trinajstić information content (AvgIpc) is 2.67. The van der Waals surface area contributed by atoms with Crippen LogP contribution in [0.3, 0.4) is 0 Å². The van der Waals surface area contributed by atoms with Gasteiger partial charge in [0.15, 0.2) is 17.5 Å². The minimum absolute atomic E-state index is 0. The van der Waals surface area contributed by atoms with Crippen LogP contribution in [0, 0.1) is 5.92 Å². The molecule has 0 radical (unpaired) electrons. The third-order valence-electron chi connectivity index (χ3n) is 3.87. The second kappa shape index (κ2) is 15.5. The van der Waals surface area contributed by atoms with Gasteiger partial charge in [0.25, 0.3) is 0 Å². The topological polar surface area (TPSA) is 73.3 Å². The maximum Gasteiger partial charge on any atom is 0.203 e. The number of nitrogens with one attached hydrogen (secondary N) is 2. The van der Waals surface area contributed by atoms with Crippen LogP contribution in [0.2, 0.25) is 0 Å². The quantitative estimate of drug-likeness (QED) is 0.195. The molecule has 0 aromatic heterocycles. The summed E-state index contributed by atoms with van der Waals surface area (Å²) < 4.78 is 21.8. The molecule has 0 spiro atoms. The van der Waals surface area contributed by atoms with E-state index in [9.17, 15) is 0 Å². The van der Waals surface area contributed by atoms with Crippen molar-refractivity contribution in [2.45, 2.75) is 33.7 Å². The van der Waals surface area contributed by atoms with E-state index >= 15 is 0 Å². The lowest BCUT2D eigenvalue weighted by atomic mass is 10.1. The van der Waals surface area contributed by atoms with Crippen LogP contribution < -0.4 is 24.8 Å². The molecule has 0 amide bonds. The highest BCUT2D eigenvalue weighted by atomic mass is 127. The number of methoxy groups -OCH3 is 3. The highest BCUT2D eigenvalue weighted by Gasteiger charge is 2.13. The predicted octanol–water partition coefficient (Wildman–Crippen LogP) is 3.45. The minimum Gasteiger partial charge on any atom is -0.493 e. The number of guanidine groups is 1. The predicted molar refractivity (Wildman–Crippen MR) is 125 cm³/mol. The summed E-state index contributed by atoms with van der Waals surface area (Å²) in [5.41, 5.74) is 0.967. The standard InChI is InChI=1S/C20H35N3O4.HI/c1-7-21-20(22-9-11-27-10-8-15(2)3)23-14-16-12-17(24-4)19(26-6)18(13-16)25-5;/h12-13,15H,7-11,14H2,1-6H3,(H2,21,22,23);1H. The first-order chi connectivity index (χ1) is 13.0. The van der Waals surface area contributed by atoms with Crippen LogP contribution in [0.5, 0.6) is 17.2 Å². The van der Waals surface area contributed by atoms with E-state index in [-0.39, 0.29) is 24.0 Å². The van der Waals surface area contributed by atoms with E-state index in [4.69, 9.17) is 18.9 Å². The highest BCUT2D eigenvalue weighted by molar-refractivity contribution is 14.0. The van der Waals surface area contributed by atoms with Crippen LogP contribution in [0.25, 0.3) is 0 Å². The molecule has 1 rings (SSSR count). The molecular formula is C20H36IN3O4. The summed E-state index contributed by atoms with van der Waals surface area (Å²) in [4.78, 5) is 4.62. The Labute approximate surface area is 186 Å². The maximum atomic E-state index is 5.63. The van der Waals surface area contributed by atoms with Gasteiger partial charge in [-0.15, -0.1) is 24.0 Å². The van der Waals surface area contributed by atoms with Crippen molar-refractivity contribution in [3.63, 3.8) is 0 Å². The van der Waals surface area contributed by atoms with E-state index in [0.717, 1.165) is 31.1 Å². The van der Waals surface area contributed by atoms with Gasteiger partial charge in [-0.2, -0.15) is 0 Å². The van der Waals surface area contributed by atoms with Crippen molar-refractivity contribution in [3.8, 4) is 17.2 Å². The molecule has 7 nitrogen and oxygen atoms in total. The van der Waals surface area contributed by atoms with E-state index in [0.29, 0.717) is 42.9 Å². The van der Waals surface area contributed by atoms with Crippen molar-refractivity contribution in [2.24, 2.45) is 10.9 Å². The molecule has 8 heteroatoms. The van der Waals surface area contributed by atoms with Crippen LogP contribution in [0.15, 0.2) is 17.1 Å². The molecule has 0 bridgehead atoms. The molecule has 2 N–H and O–H groups in total. The molecule has 0 unspecified atom stereocenters. The van der Waals surface area contributed by atoms with Crippen molar-refractivity contribution in [3.05, 3.63) is 17.7 Å². The Morgan fingerprint density at radius 2 is 1.64 bits per heavy atom. The van der Waals surface area contributed by atoms with Crippen molar-refractivity contribution in [2.75, 3.05) is 47.6 Å². The lowest BCUT2D eigenvalue weighted by Crippen LogP contribution is -2.39. The number of hydrogen-bond donors (Lipinski definition) is 2. The Bertz CT molecular complexity index is 558. The monoisotopic (exact) mass is 509 g/mol. The highest BCUT2D eigenvalue weighted by Crippen LogP contribution is 2.38. The molecule has 0 heterocycles. The number of ether oxygens (including phenoxy) is 4. The van der Waals surface area contributed by atoms with Gasteiger partial charge in [-0.25, -0.2) is 4.99 Å². The van der Waals surface area contributed by atoms with E-state index in [1.165, 1.54) is 0 Å². The summed E-state index contributed by atoms with van der Waals surface area (Å²) in [6, 6.07) is 3.81. The van der Waals surface area contributed by atoms with E-state index in [1.807, 2.05) is 19.1 Å². The number of hydrogen-bond acceptors (Lipinski definition) is 5. The summed E-state index contributed by atoms with van der Waals surface area (Å²) in [6.45, 7) is 9.85.